The molecule has 0 saturated carbocycles. The predicted octanol–water partition coefficient (Wildman–Crippen LogP) is 2.37. The Bertz CT molecular complexity index is 731. The van der Waals surface area contributed by atoms with Crippen molar-refractivity contribution in [3.63, 3.8) is 0 Å². The number of esters is 1. The van der Waals surface area contributed by atoms with Gasteiger partial charge in [-0.1, -0.05) is 13.8 Å². The van der Waals surface area contributed by atoms with Crippen LogP contribution in [0.4, 0.5) is 4.39 Å². The first kappa shape index (κ1) is 20.8. The molecule has 0 spiro atoms. The summed E-state index contributed by atoms with van der Waals surface area (Å²) in [5.74, 6) is -0.639. The maximum absolute atomic E-state index is 13.9. The van der Waals surface area contributed by atoms with Gasteiger partial charge in [0.1, 0.15) is 5.82 Å². The smallest absolute Gasteiger partial charge is 0.305 e. The number of aryl methyl sites for hydroxylation is 1. The van der Waals surface area contributed by atoms with Crippen molar-refractivity contribution in [1.82, 2.24) is 4.31 Å². The van der Waals surface area contributed by atoms with E-state index in [-0.39, 0.29) is 35.9 Å². The zero-order valence-electron chi connectivity index (χ0n) is 15.4. The molecule has 1 aliphatic heterocycles. The minimum Gasteiger partial charge on any atom is -0.465 e. The number of epoxide rings is 1. The lowest BCUT2D eigenvalue weighted by molar-refractivity contribution is -0.144. The van der Waals surface area contributed by atoms with Crippen molar-refractivity contribution < 1.29 is 27.1 Å². The summed E-state index contributed by atoms with van der Waals surface area (Å²) in [7, 11) is -2.33. The standard InChI is InChI=1S/C18H26FNO5S/c1-13(2)11-25-18(21)6-4-5-14-7-15(19)9-17(8-14)26(22,23)20(3)10-16-12-24-16/h7-9,13,16H,4-6,10-12H2,1-3H3. The third-order valence-electron chi connectivity index (χ3n) is 3.93. The molecule has 26 heavy (non-hydrogen) atoms. The normalized spacial score (nSPS) is 16.9. The van der Waals surface area contributed by atoms with Crippen molar-refractivity contribution in [2.24, 2.45) is 5.92 Å². The van der Waals surface area contributed by atoms with Gasteiger partial charge in [0.2, 0.25) is 10.0 Å². The Hall–Kier alpha value is -1.51. The molecule has 0 aliphatic carbocycles. The number of hydrogen-bond acceptors (Lipinski definition) is 5. The molecule has 1 saturated heterocycles. The third-order valence-corrected chi connectivity index (χ3v) is 5.73. The molecule has 1 unspecified atom stereocenters. The van der Waals surface area contributed by atoms with E-state index in [1.165, 1.54) is 23.5 Å². The van der Waals surface area contributed by atoms with Crippen LogP contribution in [0.3, 0.4) is 0 Å². The van der Waals surface area contributed by atoms with Crippen LogP contribution < -0.4 is 0 Å². The van der Waals surface area contributed by atoms with Gasteiger partial charge in [-0.05, 0) is 42.5 Å². The summed E-state index contributed by atoms with van der Waals surface area (Å²) in [5, 5.41) is 0. The van der Waals surface area contributed by atoms with Crippen LogP contribution in [0.2, 0.25) is 0 Å². The summed E-state index contributed by atoms with van der Waals surface area (Å²) in [6.45, 7) is 5.07. The van der Waals surface area contributed by atoms with Gasteiger partial charge >= 0.3 is 5.97 Å². The number of benzene rings is 1. The number of ether oxygens (including phenoxy) is 2. The van der Waals surface area contributed by atoms with Crippen LogP contribution in [-0.4, -0.2) is 51.6 Å². The van der Waals surface area contributed by atoms with Crippen LogP contribution in [0.1, 0.15) is 32.3 Å². The molecule has 0 amide bonds. The van der Waals surface area contributed by atoms with Gasteiger partial charge in [0.15, 0.2) is 0 Å². The molecule has 1 atom stereocenters. The number of carbonyl (C=O) groups is 1. The van der Waals surface area contributed by atoms with Crippen molar-refractivity contribution >= 4 is 16.0 Å². The second kappa shape index (κ2) is 8.92. The molecule has 2 rings (SSSR count). The number of halogens is 1. The molecule has 1 fully saturated rings. The fourth-order valence-electron chi connectivity index (χ4n) is 2.42. The molecule has 6 nitrogen and oxygen atoms in total. The van der Waals surface area contributed by atoms with E-state index < -0.39 is 15.8 Å². The summed E-state index contributed by atoms with van der Waals surface area (Å²) in [6.07, 6.45) is 0.988. The Labute approximate surface area is 154 Å². The average Bonchev–Trinajstić information content (AvgIpc) is 3.36. The van der Waals surface area contributed by atoms with Gasteiger partial charge in [0, 0.05) is 20.0 Å². The highest BCUT2D eigenvalue weighted by Gasteiger charge is 2.30. The maximum atomic E-state index is 13.9. The lowest BCUT2D eigenvalue weighted by Crippen LogP contribution is -2.30. The van der Waals surface area contributed by atoms with Crippen molar-refractivity contribution in [3.05, 3.63) is 29.6 Å². The van der Waals surface area contributed by atoms with Crippen molar-refractivity contribution in [2.75, 3.05) is 26.8 Å². The van der Waals surface area contributed by atoms with Gasteiger partial charge in [-0.25, -0.2) is 12.8 Å². The Morgan fingerprint density at radius 2 is 2.08 bits per heavy atom. The first-order chi connectivity index (χ1) is 12.2. The van der Waals surface area contributed by atoms with Gasteiger partial charge in [-0.15, -0.1) is 0 Å². The second-order valence-electron chi connectivity index (χ2n) is 6.97. The zero-order valence-corrected chi connectivity index (χ0v) is 16.2. The molecular weight excluding hydrogens is 361 g/mol. The summed E-state index contributed by atoms with van der Waals surface area (Å²) in [6, 6.07) is 3.77. The number of carbonyl (C=O) groups excluding carboxylic acids is 1. The third kappa shape index (κ3) is 6.34. The second-order valence-corrected chi connectivity index (χ2v) is 9.01. The molecule has 1 aliphatic rings. The van der Waals surface area contributed by atoms with E-state index >= 15 is 0 Å². The molecule has 1 heterocycles. The van der Waals surface area contributed by atoms with Gasteiger partial charge in [0.05, 0.1) is 24.2 Å². The monoisotopic (exact) mass is 387 g/mol. The van der Waals surface area contributed by atoms with E-state index in [1.54, 1.807) is 0 Å². The van der Waals surface area contributed by atoms with E-state index in [4.69, 9.17) is 9.47 Å². The first-order valence-electron chi connectivity index (χ1n) is 8.71. The minimum atomic E-state index is -3.78. The van der Waals surface area contributed by atoms with Gasteiger partial charge in [-0.2, -0.15) is 4.31 Å². The molecule has 0 radical (unpaired) electrons. The molecule has 1 aromatic carbocycles. The number of nitrogens with zero attached hydrogens (tertiary/aromatic N) is 1. The van der Waals surface area contributed by atoms with Crippen LogP contribution in [0.5, 0.6) is 0 Å². The van der Waals surface area contributed by atoms with Crippen LogP contribution in [-0.2, 0) is 30.7 Å². The lowest BCUT2D eigenvalue weighted by atomic mass is 10.1. The van der Waals surface area contributed by atoms with Crippen LogP contribution in [0, 0.1) is 11.7 Å². The Morgan fingerprint density at radius 1 is 1.38 bits per heavy atom. The number of sulfonamides is 1. The topological polar surface area (TPSA) is 76.2 Å². The largest absolute Gasteiger partial charge is 0.465 e. The molecule has 0 aromatic heterocycles. The fraction of sp³-hybridized carbons (Fsp3) is 0.611. The minimum absolute atomic E-state index is 0.0837. The van der Waals surface area contributed by atoms with Crippen LogP contribution >= 0.6 is 0 Å². The average molecular weight is 387 g/mol. The van der Waals surface area contributed by atoms with Gasteiger partial charge in [0.25, 0.3) is 0 Å². The van der Waals surface area contributed by atoms with Crippen molar-refractivity contribution in [3.8, 4) is 0 Å². The van der Waals surface area contributed by atoms with E-state index in [0.29, 0.717) is 31.6 Å². The summed E-state index contributed by atoms with van der Waals surface area (Å²) in [5.41, 5.74) is 0.538. The van der Waals surface area contributed by atoms with Crippen LogP contribution in [0.25, 0.3) is 0 Å². The number of rotatable bonds is 10. The van der Waals surface area contributed by atoms with Gasteiger partial charge in [-0.3, -0.25) is 4.79 Å². The molecular formula is C18H26FNO5S. The van der Waals surface area contributed by atoms with Gasteiger partial charge < -0.3 is 9.47 Å². The SMILES string of the molecule is CC(C)COC(=O)CCCc1cc(F)cc(S(=O)(=O)N(C)CC2CO2)c1. The maximum Gasteiger partial charge on any atom is 0.305 e. The van der Waals surface area contributed by atoms with Crippen molar-refractivity contribution in [2.45, 2.75) is 44.1 Å². The van der Waals surface area contributed by atoms with Crippen molar-refractivity contribution in [1.29, 1.82) is 0 Å². The molecule has 0 N–H and O–H groups in total. The molecule has 1 aromatic rings. The van der Waals surface area contributed by atoms with Crippen LogP contribution in [0.15, 0.2) is 23.1 Å². The summed E-state index contributed by atoms with van der Waals surface area (Å²) >= 11 is 0. The highest BCUT2D eigenvalue weighted by atomic mass is 32.2. The fourth-order valence-corrected chi connectivity index (χ4v) is 3.71. The molecule has 146 valence electrons. The number of hydrogen-bond donors (Lipinski definition) is 0. The molecule has 0 bridgehead atoms. The predicted molar refractivity (Wildman–Crippen MR) is 94.7 cm³/mol. The quantitative estimate of drug-likeness (QED) is 0.455. The van der Waals surface area contributed by atoms with E-state index in [2.05, 4.69) is 0 Å². The highest BCUT2D eigenvalue weighted by molar-refractivity contribution is 7.89. The Balaban J connectivity index is 1.97. The summed E-state index contributed by atoms with van der Waals surface area (Å²) in [4.78, 5) is 11.5. The van der Waals surface area contributed by atoms with E-state index in [9.17, 15) is 17.6 Å². The lowest BCUT2D eigenvalue weighted by Gasteiger charge is -2.16. The number of likely N-dealkylation sites (N-methyl/N-ethyl adjacent to an activating group) is 1. The summed E-state index contributed by atoms with van der Waals surface area (Å²) < 4.78 is 50.3. The Kier molecular flexibility index (Phi) is 7.14. The highest BCUT2D eigenvalue weighted by Crippen LogP contribution is 2.21. The van der Waals surface area contributed by atoms with E-state index in [1.807, 2.05) is 13.8 Å². The zero-order chi connectivity index (χ0) is 19.3. The molecule has 8 heteroatoms. The Morgan fingerprint density at radius 3 is 2.69 bits per heavy atom. The first-order valence-corrected chi connectivity index (χ1v) is 10.2. The van der Waals surface area contributed by atoms with E-state index in [0.717, 1.165) is 6.07 Å².